The zero-order valence-corrected chi connectivity index (χ0v) is 21.4. The van der Waals surface area contributed by atoms with Crippen molar-refractivity contribution in [2.45, 2.75) is 59.8 Å². The molecule has 0 spiro atoms. The molecule has 1 aliphatic rings. The van der Waals surface area contributed by atoms with Crippen LogP contribution in [-0.4, -0.2) is 59.9 Å². The molecule has 7 nitrogen and oxygen atoms in total. The first-order chi connectivity index (χ1) is 16.2. The quantitative estimate of drug-likeness (QED) is 0.368. The molecule has 1 fully saturated rings. The van der Waals surface area contributed by atoms with Crippen LogP contribution in [0.2, 0.25) is 0 Å². The van der Waals surface area contributed by atoms with Gasteiger partial charge in [0.15, 0.2) is 5.78 Å². The third-order valence-corrected chi connectivity index (χ3v) is 6.24. The molecule has 1 aliphatic heterocycles. The Bertz CT molecular complexity index is 914. The maximum Gasteiger partial charge on any atom is 0.221 e. The number of rotatable bonds is 11. The molecule has 7 heteroatoms. The lowest BCUT2D eigenvalue weighted by Gasteiger charge is -2.36. The minimum Gasteiger partial charge on any atom is -0.370 e. The van der Waals surface area contributed by atoms with Gasteiger partial charge in [-0.05, 0) is 55.5 Å². The number of carbonyl (C=O) groups excluding carboxylic acids is 1. The van der Waals surface area contributed by atoms with Gasteiger partial charge in [-0.15, -0.1) is 0 Å². The van der Waals surface area contributed by atoms with Crippen molar-refractivity contribution in [2.75, 3.05) is 55.2 Å². The van der Waals surface area contributed by atoms with Gasteiger partial charge in [-0.1, -0.05) is 34.1 Å². The van der Waals surface area contributed by atoms with Crippen LogP contribution in [0.4, 0.5) is 17.5 Å². The van der Waals surface area contributed by atoms with E-state index in [0.717, 1.165) is 81.9 Å². The molecule has 2 aromatic rings. The standard InChI is InChI=1S/C27H42N6O/c1-5-6-13-29-25-22(20-30-26(28)31-25)8-7-14-32-15-17-33(18-16-32)23-11-9-21(10-12-23)24(34)19-27(2,3)4/h9-12,20H,5-8,13-19H2,1-4H3,(H3,28,29,30,31). The number of piperazine rings is 1. The number of nitrogens with one attached hydrogen (secondary N) is 1. The van der Waals surface area contributed by atoms with Gasteiger partial charge in [0.05, 0.1) is 0 Å². The molecule has 3 rings (SSSR count). The Balaban J connectivity index is 1.44. The Morgan fingerprint density at radius 3 is 2.44 bits per heavy atom. The Morgan fingerprint density at radius 2 is 1.79 bits per heavy atom. The van der Waals surface area contributed by atoms with Crippen LogP contribution in [-0.2, 0) is 6.42 Å². The second-order valence-electron chi connectivity index (χ2n) is 10.5. The van der Waals surface area contributed by atoms with Crippen LogP contribution < -0.4 is 16.0 Å². The summed E-state index contributed by atoms with van der Waals surface area (Å²) in [6, 6.07) is 8.16. The SMILES string of the molecule is CCCCNc1nc(N)ncc1CCCN1CCN(c2ccc(C(=O)CC(C)(C)C)cc2)CC1. The van der Waals surface area contributed by atoms with Gasteiger partial charge in [-0.2, -0.15) is 4.98 Å². The van der Waals surface area contributed by atoms with Crippen molar-refractivity contribution in [3.63, 3.8) is 0 Å². The minimum atomic E-state index is 0.0140. The Hall–Kier alpha value is -2.67. The first-order valence-corrected chi connectivity index (χ1v) is 12.7. The highest BCUT2D eigenvalue weighted by atomic mass is 16.1. The molecule has 0 amide bonds. The maximum atomic E-state index is 12.5. The molecular weight excluding hydrogens is 424 g/mol. The predicted molar refractivity (Wildman–Crippen MR) is 142 cm³/mol. The van der Waals surface area contributed by atoms with Crippen molar-refractivity contribution in [3.8, 4) is 0 Å². The molecule has 0 radical (unpaired) electrons. The molecule has 186 valence electrons. The third-order valence-electron chi connectivity index (χ3n) is 6.24. The topological polar surface area (TPSA) is 87.4 Å². The van der Waals surface area contributed by atoms with E-state index < -0.39 is 0 Å². The van der Waals surface area contributed by atoms with Crippen molar-refractivity contribution in [1.82, 2.24) is 14.9 Å². The number of ketones is 1. The average Bonchev–Trinajstić information content (AvgIpc) is 2.80. The molecule has 0 aliphatic carbocycles. The van der Waals surface area contributed by atoms with Crippen molar-refractivity contribution in [3.05, 3.63) is 41.6 Å². The van der Waals surface area contributed by atoms with Gasteiger partial charge in [-0.25, -0.2) is 4.98 Å². The fraction of sp³-hybridized carbons (Fsp3) is 0.593. The van der Waals surface area contributed by atoms with Crippen molar-refractivity contribution >= 4 is 23.2 Å². The lowest BCUT2D eigenvalue weighted by Crippen LogP contribution is -2.46. The molecule has 3 N–H and O–H groups in total. The number of aryl methyl sites for hydroxylation is 1. The van der Waals surface area contributed by atoms with Gasteiger partial charge in [-0.3, -0.25) is 9.69 Å². The van der Waals surface area contributed by atoms with Gasteiger partial charge in [0.1, 0.15) is 5.82 Å². The molecule has 0 bridgehead atoms. The summed E-state index contributed by atoms with van der Waals surface area (Å²) in [7, 11) is 0. The van der Waals surface area contributed by atoms with E-state index in [4.69, 9.17) is 5.73 Å². The number of hydrogen-bond acceptors (Lipinski definition) is 7. The Kier molecular flexibility index (Phi) is 9.28. The van der Waals surface area contributed by atoms with E-state index in [9.17, 15) is 4.79 Å². The van der Waals surface area contributed by atoms with Crippen molar-refractivity contribution in [2.24, 2.45) is 5.41 Å². The van der Waals surface area contributed by atoms with Crippen molar-refractivity contribution < 1.29 is 4.79 Å². The van der Waals surface area contributed by atoms with Crippen LogP contribution >= 0.6 is 0 Å². The largest absolute Gasteiger partial charge is 0.370 e. The highest BCUT2D eigenvalue weighted by molar-refractivity contribution is 5.96. The minimum absolute atomic E-state index is 0.0140. The molecule has 0 unspecified atom stereocenters. The number of anilines is 3. The zero-order chi connectivity index (χ0) is 24.6. The van der Waals surface area contributed by atoms with E-state index in [0.29, 0.717) is 12.4 Å². The summed E-state index contributed by atoms with van der Waals surface area (Å²) in [6.07, 6.45) is 6.71. The number of benzene rings is 1. The van der Waals surface area contributed by atoms with E-state index >= 15 is 0 Å². The first kappa shape index (κ1) is 25.9. The average molecular weight is 467 g/mol. The smallest absolute Gasteiger partial charge is 0.221 e. The number of nitrogens with two attached hydrogens (primary N) is 1. The summed E-state index contributed by atoms with van der Waals surface area (Å²) in [4.78, 5) is 26.0. The van der Waals surface area contributed by atoms with Gasteiger partial charge in [0.2, 0.25) is 5.95 Å². The Morgan fingerprint density at radius 1 is 1.09 bits per heavy atom. The molecule has 1 saturated heterocycles. The number of nitrogens with zero attached hydrogens (tertiary/aromatic N) is 4. The molecule has 1 aromatic heterocycles. The van der Waals surface area contributed by atoms with Crippen LogP contribution in [0.15, 0.2) is 30.5 Å². The highest BCUT2D eigenvalue weighted by Gasteiger charge is 2.19. The van der Waals surface area contributed by atoms with E-state index in [-0.39, 0.29) is 11.2 Å². The van der Waals surface area contributed by atoms with Crippen LogP contribution in [0.1, 0.15) is 69.3 Å². The van der Waals surface area contributed by atoms with Crippen LogP contribution in [0.5, 0.6) is 0 Å². The van der Waals surface area contributed by atoms with Crippen LogP contribution in [0.25, 0.3) is 0 Å². The first-order valence-electron chi connectivity index (χ1n) is 12.7. The van der Waals surface area contributed by atoms with Gasteiger partial charge < -0.3 is 16.0 Å². The maximum absolute atomic E-state index is 12.5. The normalized spacial score (nSPS) is 14.9. The number of aromatic nitrogens is 2. The second kappa shape index (κ2) is 12.2. The number of unbranched alkanes of at least 4 members (excludes halogenated alkanes) is 1. The molecule has 1 aromatic carbocycles. The van der Waals surface area contributed by atoms with E-state index in [1.807, 2.05) is 18.3 Å². The fourth-order valence-corrected chi connectivity index (χ4v) is 4.30. The molecule has 2 heterocycles. The molecule has 0 atom stereocenters. The van der Waals surface area contributed by atoms with E-state index in [2.05, 4.69) is 64.9 Å². The van der Waals surface area contributed by atoms with Gasteiger partial charge in [0, 0.05) is 62.2 Å². The summed E-state index contributed by atoms with van der Waals surface area (Å²) >= 11 is 0. The highest BCUT2D eigenvalue weighted by Crippen LogP contribution is 2.24. The van der Waals surface area contributed by atoms with Crippen LogP contribution in [0.3, 0.4) is 0 Å². The zero-order valence-electron chi connectivity index (χ0n) is 21.4. The lowest BCUT2D eigenvalue weighted by molar-refractivity contribution is 0.0940. The number of carbonyl (C=O) groups is 1. The summed E-state index contributed by atoms with van der Waals surface area (Å²) in [5, 5.41) is 3.42. The molecule has 34 heavy (non-hydrogen) atoms. The predicted octanol–water partition coefficient (Wildman–Crippen LogP) is 4.64. The number of nitrogen functional groups attached to an aromatic ring is 1. The van der Waals surface area contributed by atoms with Gasteiger partial charge in [0.25, 0.3) is 0 Å². The van der Waals surface area contributed by atoms with Crippen molar-refractivity contribution in [1.29, 1.82) is 0 Å². The monoisotopic (exact) mass is 466 g/mol. The van der Waals surface area contributed by atoms with E-state index in [1.54, 1.807) is 0 Å². The van der Waals surface area contributed by atoms with E-state index in [1.165, 1.54) is 5.69 Å². The Labute approximate surface area is 205 Å². The summed E-state index contributed by atoms with van der Waals surface area (Å²) in [5.74, 6) is 1.43. The van der Waals surface area contributed by atoms with Gasteiger partial charge >= 0.3 is 0 Å². The molecule has 0 saturated carbocycles. The summed E-state index contributed by atoms with van der Waals surface area (Å²) < 4.78 is 0. The second-order valence-corrected chi connectivity index (χ2v) is 10.5. The number of Topliss-reactive ketones (excluding diaryl/α,β-unsaturated/α-hetero) is 1. The fourth-order valence-electron chi connectivity index (χ4n) is 4.30. The lowest BCUT2D eigenvalue weighted by atomic mass is 9.88. The van der Waals surface area contributed by atoms with Crippen LogP contribution in [0, 0.1) is 5.41 Å². The summed E-state index contributed by atoms with van der Waals surface area (Å²) in [5.41, 5.74) is 8.97. The summed E-state index contributed by atoms with van der Waals surface area (Å²) in [6.45, 7) is 14.6. The number of hydrogen-bond donors (Lipinski definition) is 2. The third kappa shape index (κ3) is 7.97. The molecular formula is C27H42N6O.